The molecule has 1 aromatic carbocycles. The van der Waals surface area contributed by atoms with Crippen molar-refractivity contribution < 1.29 is 19.1 Å². The van der Waals surface area contributed by atoms with E-state index in [1.807, 2.05) is 37.3 Å². The molecule has 1 amide bonds. The van der Waals surface area contributed by atoms with Crippen molar-refractivity contribution >= 4 is 12.1 Å². The molecule has 2 atom stereocenters. The Balaban J connectivity index is 1.97. The van der Waals surface area contributed by atoms with Gasteiger partial charge in [-0.2, -0.15) is 0 Å². The van der Waals surface area contributed by atoms with Crippen LogP contribution in [0.5, 0.6) is 0 Å². The van der Waals surface area contributed by atoms with Crippen LogP contribution in [0.4, 0.5) is 4.79 Å². The lowest BCUT2D eigenvalue weighted by Crippen LogP contribution is -2.47. The van der Waals surface area contributed by atoms with Crippen LogP contribution >= 0.6 is 0 Å². The number of amides is 1. The van der Waals surface area contributed by atoms with Crippen LogP contribution in [-0.4, -0.2) is 23.2 Å². The minimum atomic E-state index is -0.939. The van der Waals surface area contributed by atoms with Gasteiger partial charge in [-0.15, -0.1) is 0 Å². The van der Waals surface area contributed by atoms with Crippen molar-refractivity contribution in [3.63, 3.8) is 0 Å². The summed E-state index contributed by atoms with van der Waals surface area (Å²) in [6, 6.07) is 9.48. The number of ether oxygens (including phenoxy) is 2. The average molecular weight is 319 g/mol. The summed E-state index contributed by atoms with van der Waals surface area (Å²) >= 11 is 0. The fourth-order valence-electron chi connectivity index (χ4n) is 2.61. The molecule has 0 spiro atoms. The standard InChI is InChI=1S/C18H25NO4/c1-5-14-11-18(14,19-16(21)23-17(2,3)4)15(20)22-12-13-9-7-6-8-10-13/h6-10,14H,5,11-12H2,1-4H3,(H,19,21). The molecule has 0 bridgehead atoms. The number of benzene rings is 1. The van der Waals surface area contributed by atoms with E-state index in [9.17, 15) is 9.59 Å². The maximum absolute atomic E-state index is 12.5. The third kappa shape index (κ3) is 4.47. The molecule has 5 heteroatoms. The first-order chi connectivity index (χ1) is 10.8. The molecule has 1 fully saturated rings. The number of rotatable bonds is 5. The second-order valence-electron chi connectivity index (χ2n) is 6.97. The van der Waals surface area contributed by atoms with Gasteiger partial charge in [-0.05, 0) is 38.7 Å². The minimum absolute atomic E-state index is 0.0956. The second-order valence-corrected chi connectivity index (χ2v) is 6.97. The lowest BCUT2D eigenvalue weighted by Gasteiger charge is -2.23. The molecule has 126 valence electrons. The number of nitrogens with one attached hydrogen (secondary N) is 1. The van der Waals surface area contributed by atoms with Gasteiger partial charge in [0.15, 0.2) is 0 Å². The molecule has 1 saturated carbocycles. The number of carbonyl (C=O) groups excluding carboxylic acids is 2. The maximum atomic E-state index is 12.5. The van der Waals surface area contributed by atoms with Crippen molar-refractivity contribution in [3.8, 4) is 0 Å². The maximum Gasteiger partial charge on any atom is 0.408 e. The largest absolute Gasteiger partial charge is 0.459 e. The summed E-state index contributed by atoms with van der Waals surface area (Å²) in [5.41, 5.74) is -0.622. The Bertz CT molecular complexity index is 564. The van der Waals surface area contributed by atoms with Gasteiger partial charge in [-0.1, -0.05) is 43.7 Å². The van der Waals surface area contributed by atoms with Crippen LogP contribution in [0, 0.1) is 5.92 Å². The first-order valence-corrected chi connectivity index (χ1v) is 7.99. The van der Waals surface area contributed by atoms with E-state index in [0.29, 0.717) is 6.42 Å². The topological polar surface area (TPSA) is 64.6 Å². The average Bonchev–Trinajstić information content (AvgIpc) is 3.18. The molecule has 1 aliphatic carbocycles. The van der Waals surface area contributed by atoms with E-state index in [1.54, 1.807) is 20.8 Å². The predicted octanol–water partition coefficient (Wildman–Crippen LogP) is 3.42. The van der Waals surface area contributed by atoms with Crippen LogP contribution in [0.25, 0.3) is 0 Å². The Morgan fingerprint density at radius 1 is 1.26 bits per heavy atom. The van der Waals surface area contributed by atoms with Crippen LogP contribution in [0.3, 0.4) is 0 Å². The monoisotopic (exact) mass is 319 g/mol. The molecule has 2 unspecified atom stereocenters. The summed E-state index contributed by atoms with van der Waals surface area (Å²) in [6.45, 7) is 7.56. The van der Waals surface area contributed by atoms with E-state index in [2.05, 4.69) is 5.32 Å². The van der Waals surface area contributed by atoms with Crippen LogP contribution in [0.15, 0.2) is 30.3 Å². The van der Waals surface area contributed by atoms with Gasteiger partial charge in [0.2, 0.25) is 0 Å². The Hall–Kier alpha value is -2.04. The predicted molar refractivity (Wildman–Crippen MR) is 86.7 cm³/mol. The first kappa shape index (κ1) is 17.3. The molecule has 1 N–H and O–H groups in total. The Labute approximate surface area is 137 Å². The molecular formula is C18H25NO4. The Morgan fingerprint density at radius 3 is 2.43 bits per heavy atom. The van der Waals surface area contributed by atoms with Crippen molar-refractivity contribution in [2.45, 2.75) is 58.3 Å². The highest BCUT2D eigenvalue weighted by Gasteiger charge is 2.62. The summed E-state index contributed by atoms with van der Waals surface area (Å²) < 4.78 is 10.7. The SMILES string of the molecule is CCC1CC1(NC(=O)OC(C)(C)C)C(=O)OCc1ccccc1. The van der Waals surface area contributed by atoms with Gasteiger partial charge < -0.3 is 14.8 Å². The van der Waals surface area contributed by atoms with Crippen LogP contribution < -0.4 is 5.32 Å². The zero-order valence-electron chi connectivity index (χ0n) is 14.2. The lowest BCUT2D eigenvalue weighted by molar-refractivity contribution is -0.149. The Morgan fingerprint density at radius 2 is 1.91 bits per heavy atom. The van der Waals surface area contributed by atoms with Crippen molar-refractivity contribution in [1.82, 2.24) is 5.32 Å². The highest BCUT2D eigenvalue weighted by Crippen LogP contribution is 2.47. The van der Waals surface area contributed by atoms with Crippen LogP contribution in [0.1, 0.15) is 46.1 Å². The van der Waals surface area contributed by atoms with Crippen LogP contribution in [-0.2, 0) is 20.9 Å². The highest BCUT2D eigenvalue weighted by atomic mass is 16.6. The third-order valence-electron chi connectivity index (χ3n) is 3.90. The van der Waals surface area contributed by atoms with Gasteiger partial charge in [-0.3, -0.25) is 0 Å². The molecule has 5 nitrogen and oxygen atoms in total. The molecule has 0 aliphatic heterocycles. The van der Waals surface area contributed by atoms with Gasteiger partial charge in [0.05, 0.1) is 0 Å². The number of alkyl carbamates (subject to hydrolysis) is 1. The van der Waals surface area contributed by atoms with Crippen molar-refractivity contribution in [2.75, 3.05) is 0 Å². The molecule has 23 heavy (non-hydrogen) atoms. The van der Waals surface area contributed by atoms with Gasteiger partial charge in [0.1, 0.15) is 17.7 Å². The summed E-state index contributed by atoms with van der Waals surface area (Å²) in [6.07, 6.45) is 0.817. The molecule has 2 rings (SSSR count). The summed E-state index contributed by atoms with van der Waals surface area (Å²) in [5, 5.41) is 2.73. The Kier molecular flexibility index (Phi) is 4.97. The minimum Gasteiger partial charge on any atom is -0.459 e. The first-order valence-electron chi connectivity index (χ1n) is 7.99. The van der Waals surface area contributed by atoms with Gasteiger partial charge in [-0.25, -0.2) is 9.59 Å². The number of carbonyl (C=O) groups is 2. The molecule has 0 aromatic heterocycles. The van der Waals surface area contributed by atoms with Crippen LogP contribution in [0.2, 0.25) is 0 Å². The molecule has 0 saturated heterocycles. The van der Waals surface area contributed by atoms with E-state index in [4.69, 9.17) is 9.47 Å². The van der Waals surface area contributed by atoms with E-state index in [-0.39, 0.29) is 18.5 Å². The summed E-state index contributed by atoms with van der Waals surface area (Å²) in [5.74, 6) is -0.294. The van der Waals surface area contributed by atoms with E-state index >= 15 is 0 Å². The smallest absolute Gasteiger partial charge is 0.408 e. The number of hydrogen-bond donors (Lipinski definition) is 1. The normalized spacial score (nSPS) is 23.0. The fraction of sp³-hybridized carbons (Fsp3) is 0.556. The molecule has 1 aromatic rings. The fourth-order valence-corrected chi connectivity index (χ4v) is 2.61. The van der Waals surface area contributed by atoms with Gasteiger partial charge in [0.25, 0.3) is 0 Å². The molecular weight excluding hydrogens is 294 g/mol. The second kappa shape index (κ2) is 6.60. The molecule has 0 heterocycles. The third-order valence-corrected chi connectivity index (χ3v) is 3.90. The molecule has 0 radical (unpaired) electrons. The molecule has 1 aliphatic rings. The number of esters is 1. The highest BCUT2D eigenvalue weighted by molar-refractivity contribution is 5.89. The number of hydrogen-bond acceptors (Lipinski definition) is 4. The zero-order chi connectivity index (χ0) is 17.1. The summed E-state index contributed by atoms with van der Waals surface area (Å²) in [7, 11) is 0. The van der Waals surface area contributed by atoms with E-state index in [0.717, 1.165) is 12.0 Å². The quantitative estimate of drug-likeness (QED) is 0.845. The van der Waals surface area contributed by atoms with Crippen molar-refractivity contribution in [1.29, 1.82) is 0 Å². The van der Waals surface area contributed by atoms with E-state index in [1.165, 1.54) is 0 Å². The van der Waals surface area contributed by atoms with Gasteiger partial charge >= 0.3 is 12.1 Å². The zero-order valence-corrected chi connectivity index (χ0v) is 14.2. The lowest BCUT2D eigenvalue weighted by atomic mass is 10.1. The van der Waals surface area contributed by atoms with Crippen molar-refractivity contribution in [2.24, 2.45) is 5.92 Å². The van der Waals surface area contributed by atoms with Gasteiger partial charge in [0, 0.05) is 0 Å². The van der Waals surface area contributed by atoms with Crippen molar-refractivity contribution in [3.05, 3.63) is 35.9 Å². The van der Waals surface area contributed by atoms with E-state index < -0.39 is 17.2 Å². The summed E-state index contributed by atoms with van der Waals surface area (Å²) in [4.78, 5) is 24.5.